The molecule has 0 aliphatic rings. The van der Waals surface area contributed by atoms with Crippen LogP contribution in [0.2, 0.25) is 0 Å². The van der Waals surface area contributed by atoms with Gasteiger partial charge in [0, 0.05) is 12.5 Å². The van der Waals surface area contributed by atoms with Crippen LogP contribution < -0.4 is 5.32 Å². The Bertz CT molecular complexity index is 231. The normalized spacial score (nSPS) is 12.3. The van der Waals surface area contributed by atoms with Gasteiger partial charge in [-0.2, -0.15) is 0 Å². The van der Waals surface area contributed by atoms with Crippen LogP contribution in [0.5, 0.6) is 0 Å². The van der Waals surface area contributed by atoms with Crippen LogP contribution in [0.3, 0.4) is 0 Å². The van der Waals surface area contributed by atoms with E-state index < -0.39 is 0 Å². The van der Waals surface area contributed by atoms with E-state index >= 15 is 0 Å². The van der Waals surface area contributed by atoms with Gasteiger partial charge in [-0.1, -0.05) is 71.1 Å². The van der Waals surface area contributed by atoms with Crippen molar-refractivity contribution in [2.45, 2.75) is 96.9 Å². The highest BCUT2D eigenvalue weighted by Gasteiger charge is 2.05. The molecule has 126 valence electrons. The Hall–Kier alpha value is -0.570. The summed E-state index contributed by atoms with van der Waals surface area (Å²) in [5.74, 6) is -0.0481. The summed E-state index contributed by atoms with van der Waals surface area (Å²) in [6.45, 7) is 4.75. The van der Waals surface area contributed by atoms with Crippen molar-refractivity contribution >= 4 is 5.97 Å². The number of rotatable bonds is 15. The van der Waals surface area contributed by atoms with Gasteiger partial charge in [-0.05, 0) is 20.4 Å². The Morgan fingerprint density at radius 1 is 0.905 bits per heavy atom. The summed E-state index contributed by atoms with van der Waals surface area (Å²) in [6.07, 6.45) is 15.0. The average Bonchev–Trinajstić information content (AvgIpc) is 2.50. The van der Waals surface area contributed by atoms with Gasteiger partial charge in [0.05, 0.1) is 0 Å². The van der Waals surface area contributed by atoms with Crippen molar-refractivity contribution in [3.63, 3.8) is 0 Å². The summed E-state index contributed by atoms with van der Waals surface area (Å²) in [7, 11) is 1.88. The molecule has 0 aromatic rings. The van der Waals surface area contributed by atoms with E-state index in [2.05, 4.69) is 12.2 Å². The monoisotopic (exact) mass is 299 g/mol. The molecule has 3 nitrogen and oxygen atoms in total. The first-order valence-corrected chi connectivity index (χ1v) is 9.03. The van der Waals surface area contributed by atoms with E-state index in [-0.39, 0.29) is 12.0 Å². The molecule has 0 radical (unpaired) electrons. The molecule has 21 heavy (non-hydrogen) atoms. The predicted molar refractivity (Wildman–Crippen MR) is 90.6 cm³/mol. The van der Waals surface area contributed by atoms with E-state index in [9.17, 15) is 4.79 Å². The Labute approximate surface area is 132 Å². The first-order chi connectivity index (χ1) is 10.2. The summed E-state index contributed by atoms with van der Waals surface area (Å²) >= 11 is 0. The molecule has 0 saturated heterocycles. The van der Waals surface area contributed by atoms with Crippen molar-refractivity contribution in [2.75, 3.05) is 13.7 Å². The van der Waals surface area contributed by atoms with Crippen LogP contribution in [0, 0.1) is 0 Å². The van der Waals surface area contributed by atoms with Crippen molar-refractivity contribution in [3.05, 3.63) is 0 Å². The molecule has 1 atom stereocenters. The smallest absolute Gasteiger partial charge is 0.305 e. The molecule has 0 heterocycles. The SMILES string of the molecule is CCCCCCCCCCCCCC(=O)OCC(C)NC. The highest BCUT2D eigenvalue weighted by molar-refractivity contribution is 5.69. The fourth-order valence-electron chi connectivity index (χ4n) is 2.31. The van der Waals surface area contributed by atoms with Gasteiger partial charge in [-0.25, -0.2) is 0 Å². The molecule has 0 aromatic heterocycles. The fraction of sp³-hybridized carbons (Fsp3) is 0.944. The maximum absolute atomic E-state index is 11.5. The molecule has 0 saturated carbocycles. The summed E-state index contributed by atoms with van der Waals surface area (Å²) in [4.78, 5) is 11.5. The third-order valence-electron chi connectivity index (χ3n) is 3.97. The molecule has 0 aliphatic heterocycles. The van der Waals surface area contributed by atoms with Crippen LogP contribution in [0.1, 0.15) is 90.9 Å². The Kier molecular flexibility index (Phi) is 15.4. The minimum absolute atomic E-state index is 0.0481. The highest BCUT2D eigenvalue weighted by atomic mass is 16.5. The first-order valence-electron chi connectivity index (χ1n) is 9.03. The zero-order valence-electron chi connectivity index (χ0n) is 14.6. The lowest BCUT2D eigenvalue weighted by Gasteiger charge is -2.10. The van der Waals surface area contributed by atoms with Crippen molar-refractivity contribution in [2.24, 2.45) is 0 Å². The quantitative estimate of drug-likeness (QED) is 0.347. The van der Waals surface area contributed by atoms with E-state index in [1.807, 2.05) is 14.0 Å². The van der Waals surface area contributed by atoms with Crippen LogP contribution in [0.25, 0.3) is 0 Å². The van der Waals surface area contributed by atoms with E-state index in [1.54, 1.807) is 0 Å². The third kappa shape index (κ3) is 15.6. The minimum atomic E-state index is -0.0481. The maximum atomic E-state index is 11.5. The highest BCUT2D eigenvalue weighted by Crippen LogP contribution is 2.12. The standard InChI is InChI=1S/C18H37NO2/c1-4-5-6-7-8-9-10-11-12-13-14-15-18(20)21-16-17(2)19-3/h17,19H,4-16H2,1-3H3. The fourth-order valence-corrected chi connectivity index (χ4v) is 2.31. The molecule has 1 N–H and O–H groups in total. The van der Waals surface area contributed by atoms with Gasteiger partial charge >= 0.3 is 5.97 Å². The minimum Gasteiger partial charge on any atom is -0.464 e. The van der Waals surface area contributed by atoms with Crippen LogP contribution in [0.4, 0.5) is 0 Å². The summed E-state index contributed by atoms with van der Waals surface area (Å²) in [5.41, 5.74) is 0. The lowest BCUT2D eigenvalue weighted by molar-refractivity contribution is -0.144. The van der Waals surface area contributed by atoms with E-state index in [1.165, 1.54) is 57.8 Å². The molecular weight excluding hydrogens is 262 g/mol. The number of nitrogens with one attached hydrogen (secondary N) is 1. The van der Waals surface area contributed by atoms with Crippen molar-refractivity contribution < 1.29 is 9.53 Å². The molecule has 0 bridgehead atoms. The number of likely N-dealkylation sites (N-methyl/N-ethyl adjacent to an activating group) is 1. The second-order valence-electron chi connectivity index (χ2n) is 6.16. The largest absolute Gasteiger partial charge is 0.464 e. The van der Waals surface area contributed by atoms with Gasteiger partial charge in [0.1, 0.15) is 6.61 Å². The molecule has 0 aliphatic carbocycles. The van der Waals surface area contributed by atoms with Gasteiger partial charge in [0.2, 0.25) is 0 Å². The zero-order valence-corrected chi connectivity index (χ0v) is 14.6. The van der Waals surface area contributed by atoms with Gasteiger partial charge in [0.15, 0.2) is 0 Å². The number of hydrogen-bond donors (Lipinski definition) is 1. The number of ether oxygens (including phenoxy) is 1. The molecule has 0 amide bonds. The van der Waals surface area contributed by atoms with E-state index in [4.69, 9.17) is 4.74 Å². The van der Waals surface area contributed by atoms with Crippen LogP contribution >= 0.6 is 0 Å². The molecule has 0 fully saturated rings. The summed E-state index contributed by atoms with van der Waals surface area (Å²) in [5, 5.41) is 3.05. The maximum Gasteiger partial charge on any atom is 0.305 e. The second kappa shape index (κ2) is 15.8. The molecule has 1 unspecified atom stereocenters. The first kappa shape index (κ1) is 20.4. The van der Waals surface area contributed by atoms with Gasteiger partial charge in [0.25, 0.3) is 0 Å². The van der Waals surface area contributed by atoms with Crippen molar-refractivity contribution in [1.82, 2.24) is 5.32 Å². The van der Waals surface area contributed by atoms with E-state index in [0.29, 0.717) is 13.0 Å². The average molecular weight is 299 g/mol. The van der Waals surface area contributed by atoms with Crippen LogP contribution in [0.15, 0.2) is 0 Å². The number of carbonyl (C=O) groups is 1. The van der Waals surface area contributed by atoms with Crippen LogP contribution in [-0.4, -0.2) is 25.7 Å². The number of carbonyl (C=O) groups excluding carboxylic acids is 1. The summed E-state index contributed by atoms with van der Waals surface area (Å²) in [6, 6.07) is 0.242. The Balaban J connectivity index is 3.16. The number of esters is 1. The molecule has 0 spiro atoms. The van der Waals surface area contributed by atoms with Gasteiger partial charge in [-0.3, -0.25) is 4.79 Å². The van der Waals surface area contributed by atoms with Crippen LogP contribution in [-0.2, 0) is 9.53 Å². The van der Waals surface area contributed by atoms with Crippen molar-refractivity contribution in [1.29, 1.82) is 0 Å². The lowest BCUT2D eigenvalue weighted by Crippen LogP contribution is -2.28. The third-order valence-corrected chi connectivity index (χ3v) is 3.97. The Morgan fingerprint density at radius 3 is 1.86 bits per heavy atom. The van der Waals surface area contributed by atoms with Gasteiger partial charge < -0.3 is 10.1 Å². The predicted octanol–water partition coefficient (Wildman–Crippen LogP) is 4.84. The molecule has 3 heteroatoms. The Morgan fingerprint density at radius 2 is 1.38 bits per heavy atom. The molecular formula is C18H37NO2. The number of hydrogen-bond acceptors (Lipinski definition) is 3. The molecule has 0 aromatic carbocycles. The van der Waals surface area contributed by atoms with Gasteiger partial charge in [-0.15, -0.1) is 0 Å². The summed E-state index contributed by atoms with van der Waals surface area (Å²) < 4.78 is 5.19. The van der Waals surface area contributed by atoms with E-state index in [0.717, 1.165) is 12.8 Å². The topological polar surface area (TPSA) is 38.3 Å². The lowest BCUT2D eigenvalue weighted by atomic mass is 10.1. The van der Waals surface area contributed by atoms with Crippen molar-refractivity contribution in [3.8, 4) is 0 Å². The second-order valence-corrected chi connectivity index (χ2v) is 6.16. The molecule has 0 rings (SSSR count). The zero-order chi connectivity index (χ0) is 15.8. The number of unbranched alkanes of at least 4 members (excludes halogenated alkanes) is 10.